The molecule has 4 aromatic rings. The van der Waals surface area contributed by atoms with Crippen LogP contribution in [0.5, 0.6) is 11.5 Å². The first-order chi connectivity index (χ1) is 16.2. The Bertz CT molecular complexity index is 1510. The number of hydrogen-bond acceptors (Lipinski definition) is 8. The van der Waals surface area contributed by atoms with Crippen LogP contribution in [0.4, 0.5) is 0 Å². The van der Waals surface area contributed by atoms with Gasteiger partial charge in [0.25, 0.3) is 0 Å². The molecule has 1 saturated heterocycles. The molecule has 0 bridgehead atoms. The predicted molar refractivity (Wildman–Crippen MR) is 124 cm³/mol. The topological polar surface area (TPSA) is 141 Å². The third-order valence-corrected chi connectivity index (χ3v) is 9.76. The molecule has 34 heavy (non-hydrogen) atoms. The van der Waals surface area contributed by atoms with Gasteiger partial charge in [0.1, 0.15) is 22.5 Å². The van der Waals surface area contributed by atoms with Gasteiger partial charge in [-0.3, -0.25) is 9.97 Å². The van der Waals surface area contributed by atoms with E-state index in [1.807, 2.05) is 0 Å². The van der Waals surface area contributed by atoms with E-state index in [1.165, 1.54) is 45.3 Å². The number of phenols is 2. The largest absolute Gasteiger partial charge is 0.506 e. The van der Waals surface area contributed by atoms with Crippen LogP contribution in [0, 0.1) is 0 Å². The van der Waals surface area contributed by atoms with Gasteiger partial charge in [0.15, 0.2) is 0 Å². The maximum Gasteiger partial charge on any atom is 0.243 e. The van der Waals surface area contributed by atoms with E-state index in [1.54, 1.807) is 24.3 Å². The number of fused-ring (bicyclic) bond motifs is 2. The lowest BCUT2D eigenvalue weighted by Gasteiger charge is -2.33. The number of piperazine rings is 1. The quantitative estimate of drug-likeness (QED) is 0.433. The van der Waals surface area contributed by atoms with Crippen molar-refractivity contribution in [2.45, 2.75) is 9.79 Å². The fourth-order valence-electron chi connectivity index (χ4n) is 4.14. The van der Waals surface area contributed by atoms with Gasteiger partial charge in [-0.1, -0.05) is 0 Å². The van der Waals surface area contributed by atoms with Crippen molar-refractivity contribution in [2.24, 2.45) is 0 Å². The number of aromatic nitrogens is 2. The summed E-state index contributed by atoms with van der Waals surface area (Å²) in [5, 5.41) is 20.6. The summed E-state index contributed by atoms with van der Waals surface area (Å²) in [6, 6.07) is 11.5. The molecule has 1 aliphatic heterocycles. The molecule has 5 rings (SSSR count). The molecule has 0 spiro atoms. The van der Waals surface area contributed by atoms with E-state index in [0.717, 1.165) is 0 Å². The zero-order chi connectivity index (χ0) is 24.1. The Balaban J connectivity index is 1.44. The Morgan fingerprint density at radius 1 is 0.618 bits per heavy atom. The van der Waals surface area contributed by atoms with Gasteiger partial charge in [0, 0.05) is 49.3 Å². The highest BCUT2D eigenvalue weighted by Crippen LogP contribution is 2.33. The van der Waals surface area contributed by atoms with Gasteiger partial charge in [0.05, 0.1) is 9.79 Å². The molecule has 3 heterocycles. The average molecular weight is 501 g/mol. The molecule has 2 aromatic heterocycles. The van der Waals surface area contributed by atoms with E-state index in [2.05, 4.69) is 9.97 Å². The van der Waals surface area contributed by atoms with E-state index >= 15 is 0 Å². The monoisotopic (exact) mass is 500 g/mol. The number of rotatable bonds is 4. The second-order valence-electron chi connectivity index (χ2n) is 7.77. The van der Waals surface area contributed by atoms with Gasteiger partial charge in [-0.2, -0.15) is 8.61 Å². The summed E-state index contributed by atoms with van der Waals surface area (Å²) in [6.07, 6.45) is 2.93. The molecule has 1 aliphatic rings. The normalized spacial score (nSPS) is 16.2. The fraction of sp³-hybridized carbons (Fsp3) is 0.182. The predicted octanol–water partition coefficient (Wildman–Crippen LogP) is 1.89. The first-order valence-electron chi connectivity index (χ1n) is 10.3. The van der Waals surface area contributed by atoms with Crippen LogP contribution in [0.15, 0.2) is 70.7 Å². The average Bonchev–Trinajstić information content (AvgIpc) is 2.84. The highest BCUT2D eigenvalue weighted by atomic mass is 32.2. The van der Waals surface area contributed by atoms with Gasteiger partial charge in [-0.15, -0.1) is 0 Å². The Labute approximate surface area is 195 Å². The minimum Gasteiger partial charge on any atom is -0.506 e. The number of pyridine rings is 2. The first-order valence-corrected chi connectivity index (χ1v) is 13.2. The van der Waals surface area contributed by atoms with Crippen LogP contribution in [0.2, 0.25) is 0 Å². The van der Waals surface area contributed by atoms with Crippen LogP contribution in [0.1, 0.15) is 0 Å². The lowest BCUT2D eigenvalue weighted by Crippen LogP contribution is -2.50. The Kier molecular flexibility index (Phi) is 5.40. The molecule has 0 unspecified atom stereocenters. The molecule has 0 amide bonds. The summed E-state index contributed by atoms with van der Waals surface area (Å²) in [6.45, 7) is -0.173. The lowest BCUT2D eigenvalue weighted by atomic mass is 10.2. The van der Waals surface area contributed by atoms with E-state index in [-0.39, 0.29) is 58.5 Å². The Hall–Kier alpha value is -3.32. The van der Waals surface area contributed by atoms with E-state index in [0.29, 0.717) is 10.8 Å². The Morgan fingerprint density at radius 2 is 1.00 bits per heavy atom. The first kappa shape index (κ1) is 22.5. The van der Waals surface area contributed by atoms with Crippen molar-refractivity contribution in [1.82, 2.24) is 18.6 Å². The zero-order valence-corrected chi connectivity index (χ0v) is 19.4. The lowest BCUT2D eigenvalue weighted by molar-refractivity contribution is 0.273. The van der Waals surface area contributed by atoms with Crippen molar-refractivity contribution in [1.29, 1.82) is 0 Å². The maximum atomic E-state index is 13.4. The SMILES string of the molecule is O=S(=O)(c1ccc(O)c2ncccc12)N1CCN(S(=O)(=O)c2ccc(O)c3ncccc23)CC1. The molecular weight excluding hydrogens is 480 g/mol. The highest BCUT2D eigenvalue weighted by Gasteiger charge is 2.35. The van der Waals surface area contributed by atoms with Crippen LogP contribution in [-0.2, 0) is 20.0 Å². The minimum atomic E-state index is -3.96. The highest BCUT2D eigenvalue weighted by molar-refractivity contribution is 7.89. The van der Waals surface area contributed by atoms with Crippen molar-refractivity contribution < 1.29 is 27.0 Å². The van der Waals surface area contributed by atoms with Gasteiger partial charge in [-0.05, 0) is 48.5 Å². The van der Waals surface area contributed by atoms with Crippen LogP contribution in [-0.4, -0.2) is 71.8 Å². The molecule has 0 aliphatic carbocycles. The van der Waals surface area contributed by atoms with Crippen molar-refractivity contribution in [3.63, 3.8) is 0 Å². The molecule has 2 aromatic carbocycles. The zero-order valence-electron chi connectivity index (χ0n) is 17.7. The summed E-state index contributed by atoms with van der Waals surface area (Å²) >= 11 is 0. The number of nitrogens with zero attached hydrogens (tertiary/aromatic N) is 4. The third-order valence-electron chi connectivity index (χ3n) is 5.85. The molecule has 10 nitrogen and oxygen atoms in total. The standard InChI is InChI=1S/C22H20N4O6S2/c27-17-5-7-19(15-3-1-9-23-21(15)17)33(29,30)25-11-13-26(14-12-25)34(31,32)20-8-6-18(28)22-16(20)4-2-10-24-22/h1-10,27-28H,11-14H2. The van der Waals surface area contributed by atoms with Crippen LogP contribution < -0.4 is 0 Å². The molecule has 12 heteroatoms. The number of benzene rings is 2. The van der Waals surface area contributed by atoms with Crippen LogP contribution in [0.3, 0.4) is 0 Å². The van der Waals surface area contributed by atoms with E-state index < -0.39 is 20.0 Å². The van der Waals surface area contributed by atoms with E-state index in [9.17, 15) is 27.0 Å². The fourth-order valence-corrected chi connectivity index (χ4v) is 7.35. The molecule has 176 valence electrons. The smallest absolute Gasteiger partial charge is 0.243 e. The number of aromatic hydroxyl groups is 2. The van der Waals surface area contributed by atoms with Gasteiger partial charge < -0.3 is 10.2 Å². The van der Waals surface area contributed by atoms with Gasteiger partial charge >= 0.3 is 0 Å². The molecule has 0 saturated carbocycles. The van der Waals surface area contributed by atoms with Crippen LogP contribution in [0.25, 0.3) is 21.8 Å². The number of sulfonamides is 2. The van der Waals surface area contributed by atoms with Crippen molar-refractivity contribution in [3.05, 3.63) is 60.9 Å². The second-order valence-corrected chi connectivity index (χ2v) is 11.6. The number of hydrogen-bond donors (Lipinski definition) is 2. The van der Waals surface area contributed by atoms with E-state index in [4.69, 9.17) is 0 Å². The summed E-state index contributed by atoms with van der Waals surface area (Å²) < 4.78 is 55.9. The molecule has 0 atom stereocenters. The maximum absolute atomic E-state index is 13.4. The summed E-state index contributed by atoms with van der Waals surface area (Å²) in [4.78, 5) is 8.13. The third kappa shape index (κ3) is 3.55. The summed E-state index contributed by atoms with van der Waals surface area (Å²) in [5.74, 6) is -0.248. The number of phenolic OH excluding ortho intramolecular Hbond substituents is 2. The van der Waals surface area contributed by atoms with Crippen molar-refractivity contribution in [2.75, 3.05) is 26.2 Å². The van der Waals surface area contributed by atoms with Crippen molar-refractivity contribution in [3.8, 4) is 11.5 Å². The van der Waals surface area contributed by atoms with Crippen LogP contribution >= 0.6 is 0 Å². The van der Waals surface area contributed by atoms with Crippen molar-refractivity contribution >= 4 is 41.9 Å². The minimum absolute atomic E-state index is 0.000287. The van der Waals surface area contributed by atoms with Gasteiger partial charge in [-0.25, -0.2) is 16.8 Å². The second kappa shape index (κ2) is 8.17. The molecular formula is C22H20N4O6S2. The molecule has 1 fully saturated rings. The summed E-state index contributed by atoms with van der Waals surface area (Å²) in [7, 11) is -7.92. The molecule has 2 N–H and O–H groups in total. The Morgan fingerprint density at radius 3 is 1.38 bits per heavy atom. The van der Waals surface area contributed by atoms with Gasteiger partial charge in [0.2, 0.25) is 20.0 Å². The molecule has 0 radical (unpaired) electrons. The summed E-state index contributed by atoms with van der Waals surface area (Å²) in [5.41, 5.74) is 0.357.